The molecule has 2 N–H and O–H groups in total. The molecule has 0 saturated carbocycles. The van der Waals surface area contributed by atoms with E-state index in [1.807, 2.05) is 135 Å². The van der Waals surface area contributed by atoms with E-state index >= 15 is 0 Å². The lowest BCUT2D eigenvalue weighted by atomic mass is 10.0. The summed E-state index contributed by atoms with van der Waals surface area (Å²) >= 11 is 0. The molecule has 0 unspecified atom stereocenters. The number of H-pyrrole nitrogens is 1. The van der Waals surface area contributed by atoms with E-state index in [0.717, 1.165) is 41.6 Å². The monoisotopic (exact) mass is 717 g/mol. The van der Waals surface area contributed by atoms with E-state index < -0.39 is 0 Å². The maximum atomic E-state index is 11.1. The van der Waals surface area contributed by atoms with Gasteiger partial charge in [0.15, 0.2) is 0 Å². The molecule has 0 aliphatic carbocycles. The van der Waals surface area contributed by atoms with Crippen molar-refractivity contribution in [3.63, 3.8) is 0 Å². The second-order valence-corrected chi connectivity index (χ2v) is 9.53. The summed E-state index contributed by atoms with van der Waals surface area (Å²) in [4.78, 5) is 41.0. The topological polar surface area (TPSA) is 114 Å². The van der Waals surface area contributed by atoms with Crippen LogP contribution >= 0.6 is 0 Å². The Labute approximate surface area is 317 Å². The smallest absolute Gasteiger partial charge is 0.249 e. The highest BCUT2D eigenvalue weighted by molar-refractivity contribution is 5.92. The maximum Gasteiger partial charge on any atom is 0.249 e. The number of nitrogens with zero attached hydrogens (tertiary/aromatic N) is 4. The summed E-state index contributed by atoms with van der Waals surface area (Å²) in [6, 6.07) is 27.2. The van der Waals surface area contributed by atoms with E-state index in [1.54, 1.807) is 6.07 Å². The zero-order chi connectivity index (χ0) is 40.4. The number of carbonyl (C=O) groups is 1. The standard InChI is InChI=1S/C9H11N3O.C9H9N3O.2C6H6.2C3H8.4C2H6/c2*1-2-7-6-3-4-8(13)12-9(6)11-5-10-7;2*1-2-4-6-5-3-1;2*1-3-2;4*1-2/h5H,2-4H2,1H3,(H,10,11,12,13);3-5H,2H2,1H3,(H,10,11,12,13);2*1-6H;2*3H2,1-2H3;4*1-2H3. The number of benzene rings is 2. The summed E-state index contributed by atoms with van der Waals surface area (Å²) in [5.41, 5.74) is 3.59. The van der Waals surface area contributed by atoms with Crippen LogP contribution in [0.25, 0.3) is 11.0 Å². The van der Waals surface area contributed by atoms with E-state index in [1.165, 1.54) is 31.6 Å². The molecule has 3 aromatic heterocycles. The van der Waals surface area contributed by atoms with Crippen LogP contribution in [0.2, 0.25) is 0 Å². The molecular formula is C44H72N6O2. The van der Waals surface area contributed by atoms with Crippen molar-refractivity contribution in [2.24, 2.45) is 0 Å². The minimum absolute atomic E-state index is 0.0493. The first-order chi connectivity index (χ1) is 25.4. The van der Waals surface area contributed by atoms with E-state index in [0.29, 0.717) is 17.9 Å². The van der Waals surface area contributed by atoms with Crippen LogP contribution in [0, 0.1) is 0 Å². The number of aromatic nitrogens is 5. The normalized spacial score (nSPS) is 9.38. The molecule has 4 heterocycles. The second kappa shape index (κ2) is 42.4. The molecule has 0 saturated heterocycles. The number of fused-ring (bicyclic) bond motifs is 2. The summed E-state index contributed by atoms with van der Waals surface area (Å²) in [5, 5.41) is 3.67. The number of rotatable bonds is 2. The fourth-order valence-corrected chi connectivity index (χ4v) is 3.63. The van der Waals surface area contributed by atoms with Crippen LogP contribution in [0.15, 0.2) is 102 Å². The van der Waals surface area contributed by atoms with Crippen molar-refractivity contribution in [3.8, 4) is 0 Å². The summed E-state index contributed by atoms with van der Waals surface area (Å²) in [7, 11) is 0. The van der Waals surface area contributed by atoms with Gasteiger partial charge in [0.2, 0.25) is 11.5 Å². The minimum Gasteiger partial charge on any atom is -0.310 e. The predicted octanol–water partition coefficient (Wildman–Crippen LogP) is 12.1. The van der Waals surface area contributed by atoms with Crippen molar-refractivity contribution in [1.82, 2.24) is 24.9 Å². The quantitative estimate of drug-likeness (QED) is 0.188. The van der Waals surface area contributed by atoms with Crippen LogP contribution < -0.4 is 10.9 Å². The van der Waals surface area contributed by atoms with Crippen molar-refractivity contribution < 1.29 is 4.79 Å². The van der Waals surface area contributed by atoms with Gasteiger partial charge in [-0.2, -0.15) is 0 Å². The molecular weight excluding hydrogens is 645 g/mol. The SMILES string of the molecule is CC.CC.CC.CC.CCC.CCC.CCc1ncnc2[nH]c(=O)ccc12.CCc1ncnc2c1CCC(=O)N2.c1ccccc1.c1ccccc1. The number of anilines is 1. The fourth-order valence-electron chi connectivity index (χ4n) is 3.63. The van der Waals surface area contributed by atoms with Crippen LogP contribution in [-0.2, 0) is 24.1 Å². The first kappa shape index (κ1) is 54.1. The molecule has 1 amide bonds. The Bertz CT molecular complexity index is 1410. The van der Waals surface area contributed by atoms with Crippen LogP contribution in [-0.4, -0.2) is 30.8 Å². The highest BCUT2D eigenvalue weighted by atomic mass is 16.1. The molecule has 290 valence electrons. The Morgan fingerprint density at radius 3 is 1.31 bits per heavy atom. The van der Waals surface area contributed by atoms with Crippen LogP contribution in [0.1, 0.15) is 133 Å². The Hall–Kier alpha value is -4.72. The van der Waals surface area contributed by atoms with Gasteiger partial charge in [-0.25, -0.2) is 19.9 Å². The largest absolute Gasteiger partial charge is 0.310 e. The maximum absolute atomic E-state index is 11.1. The molecule has 1 aliphatic rings. The second-order valence-electron chi connectivity index (χ2n) is 9.53. The summed E-state index contributed by atoms with van der Waals surface area (Å²) in [6.07, 6.45) is 8.52. The zero-order valence-corrected chi connectivity index (χ0v) is 35.1. The first-order valence-electron chi connectivity index (χ1n) is 19.4. The van der Waals surface area contributed by atoms with Crippen LogP contribution in [0.3, 0.4) is 0 Å². The molecule has 0 fully saturated rings. The van der Waals surface area contributed by atoms with Gasteiger partial charge < -0.3 is 10.3 Å². The average Bonchev–Trinajstić information content (AvgIpc) is 3.23. The number of aromatic amines is 1. The highest BCUT2D eigenvalue weighted by Crippen LogP contribution is 2.21. The fraction of sp³-hybridized carbons (Fsp3) is 0.455. The van der Waals surface area contributed by atoms with Gasteiger partial charge in [0.25, 0.3) is 0 Å². The van der Waals surface area contributed by atoms with Gasteiger partial charge in [-0.1, -0.05) is 183 Å². The third-order valence-electron chi connectivity index (χ3n) is 5.51. The predicted molar refractivity (Wildman–Crippen MR) is 228 cm³/mol. The van der Waals surface area contributed by atoms with Gasteiger partial charge in [0.05, 0.1) is 5.69 Å². The lowest BCUT2D eigenvalue weighted by Gasteiger charge is -2.16. The molecule has 0 atom stereocenters. The Morgan fingerprint density at radius 1 is 0.519 bits per heavy atom. The summed E-state index contributed by atoms with van der Waals surface area (Å²) in [6.45, 7) is 28.6. The average molecular weight is 717 g/mol. The highest BCUT2D eigenvalue weighted by Gasteiger charge is 2.18. The molecule has 0 radical (unpaired) electrons. The third kappa shape index (κ3) is 27.1. The zero-order valence-electron chi connectivity index (χ0n) is 35.1. The van der Waals surface area contributed by atoms with Gasteiger partial charge in [0, 0.05) is 29.1 Å². The van der Waals surface area contributed by atoms with Crippen molar-refractivity contribution >= 4 is 22.8 Å². The summed E-state index contributed by atoms with van der Waals surface area (Å²) < 4.78 is 0. The van der Waals surface area contributed by atoms with Gasteiger partial charge in [0.1, 0.15) is 24.1 Å². The van der Waals surface area contributed by atoms with Crippen molar-refractivity contribution in [1.29, 1.82) is 0 Å². The summed E-state index contributed by atoms with van der Waals surface area (Å²) in [5.74, 6) is 0.747. The van der Waals surface area contributed by atoms with Crippen LogP contribution in [0.4, 0.5) is 5.82 Å². The van der Waals surface area contributed by atoms with E-state index in [-0.39, 0.29) is 11.5 Å². The van der Waals surface area contributed by atoms with Crippen LogP contribution in [0.5, 0.6) is 0 Å². The number of nitrogens with one attached hydrogen (secondary N) is 2. The molecule has 0 spiro atoms. The molecule has 6 rings (SSSR count). The molecule has 8 heteroatoms. The number of hydrogen-bond acceptors (Lipinski definition) is 6. The van der Waals surface area contributed by atoms with Gasteiger partial charge in [-0.05, 0) is 25.3 Å². The number of pyridine rings is 1. The van der Waals surface area contributed by atoms with Crippen molar-refractivity contribution in [2.45, 2.75) is 135 Å². The lowest BCUT2D eigenvalue weighted by molar-refractivity contribution is -0.116. The number of carbonyl (C=O) groups excluding carboxylic acids is 1. The minimum atomic E-state index is -0.131. The Morgan fingerprint density at radius 2 is 0.904 bits per heavy atom. The van der Waals surface area contributed by atoms with Crippen molar-refractivity contribution in [3.05, 3.63) is 125 Å². The van der Waals surface area contributed by atoms with Gasteiger partial charge >= 0.3 is 0 Å². The van der Waals surface area contributed by atoms with E-state index in [9.17, 15) is 9.59 Å². The number of hydrogen-bond donors (Lipinski definition) is 2. The molecule has 5 aromatic rings. The first-order valence-corrected chi connectivity index (χ1v) is 19.4. The molecule has 0 bridgehead atoms. The van der Waals surface area contributed by atoms with Crippen molar-refractivity contribution in [2.75, 3.05) is 5.32 Å². The third-order valence-corrected chi connectivity index (χ3v) is 5.51. The van der Waals surface area contributed by atoms with Gasteiger partial charge in [-0.3, -0.25) is 9.59 Å². The molecule has 52 heavy (non-hydrogen) atoms. The molecule has 1 aliphatic heterocycles. The molecule has 8 nitrogen and oxygen atoms in total. The lowest BCUT2D eigenvalue weighted by Crippen LogP contribution is -2.21. The number of aryl methyl sites for hydroxylation is 2. The Balaban J connectivity index is -0.000000274. The Kier molecular flexibility index (Phi) is 44.1. The van der Waals surface area contributed by atoms with E-state index in [2.05, 4.69) is 64.9 Å². The van der Waals surface area contributed by atoms with Gasteiger partial charge in [-0.15, -0.1) is 0 Å². The molecule has 2 aromatic carbocycles. The van der Waals surface area contributed by atoms with E-state index in [4.69, 9.17) is 0 Å². The number of amides is 1.